The summed E-state index contributed by atoms with van der Waals surface area (Å²) in [6.45, 7) is 4.76. The normalized spacial score (nSPS) is 14.2. The lowest BCUT2D eigenvalue weighted by Gasteiger charge is -2.46. The zero-order valence-electron chi connectivity index (χ0n) is 31.4. The summed E-state index contributed by atoms with van der Waals surface area (Å²) in [5, 5.41) is 2.30. The fourth-order valence-corrected chi connectivity index (χ4v) is 9.85. The number of aromatic nitrogens is 2. The van der Waals surface area contributed by atoms with Crippen molar-refractivity contribution in [1.82, 2.24) is 9.97 Å². The van der Waals surface area contributed by atoms with Crippen molar-refractivity contribution in [2.45, 2.75) is 24.7 Å². The van der Waals surface area contributed by atoms with Gasteiger partial charge in [0.1, 0.15) is 0 Å². The van der Waals surface area contributed by atoms with E-state index < -0.39 is 5.41 Å². The Morgan fingerprint density at radius 1 is 0.321 bits per heavy atom. The molecule has 0 fully saturated rings. The van der Waals surface area contributed by atoms with Crippen molar-refractivity contribution in [3.05, 3.63) is 228 Å². The van der Waals surface area contributed by atoms with Crippen molar-refractivity contribution in [3.63, 3.8) is 0 Å². The second-order valence-electron chi connectivity index (χ2n) is 15.7. The van der Waals surface area contributed by atoms with Gasteiger partial charge in [0.2, 0.25) is 0 Å². The lowest BCUT2D eigenvalue weighted by atomic mass is 9.55. The fraction of sp³-hybridized carbons (Fsp3) is 0.0741. The molecular formula is C54H38N2. The number of hydrogen-bond acceptors (Lipinski definition) is 2. The van der Waals surface area contributed by atoms with Gasteiger partial charge in [-0.1, -0.05) is 190 Å². The molecule has 0 saturated heterocycles. The van der Waals surface area contributed by atoms with E-state index in [-0.39, 0.29) is 5.41 Å². The molecule has 2 heteroatoms. The standard InChI is InChI=1S/C54H38N2/c1-53(2)45-25-13-15-27-47(45)54(48-28-16-14-26-46(48)53)44-24-12-11-23-41(44)42-30-29-37(33-49(42)54)38-31-32-43(40-22-10-9-21-39(38)40)52-55-50(35-17-5-3-6-18-35)34-51(56-52)36-19-7-4-8-20-36/h3-34H,1-2H3. The summed E-state index contributed by atoms with van der Waals surface area (Å²) in [6.07, 6.45) is 0. The van der Waals surface area contributed by atoms with Crippen molar-refractivity contribution in [2.75, 3.05) is 0 Å². The van der Waals surface area contributed by atoms with Crippen molar-refractivity contribution < 1.29 is 0 Å². The molecule has 0 radical (unpaired) electrons. The van der Waals surface area contributed by atoms with Crippen LogP contribution in [0, 0.1) is 0 Å². The molecule has 2 aliphatic rings. The molecule has 9 aromatic rings. The van der Waals surface area contributed by atoms with Gasteiger partial charge in [-0.05, 0) is 84.6 Å². The highest BCUT2D eigenvalue weighted by Crippen LogP contribution is 2.62. The van der Waals surface area contributed by atoms with E-state index in [1.54, 1.807) is 0 Å². The monoisotopic (exact) mass is 714 g/mol. The summed E-state index contributed by atoms with van der Waals surface area (Å²) in [5.41, 5.74) is 17.6. The van der Waals surface area contributed by atoms with Crippen LogP contribution < -0.4 is 0 Å². The highest BCUT2D eigenvalue weighted by Gasteiger charge is 2.53. The molecular weight excluding hydrogens is 677 g/mol. The Kier molecular flexibility index (Phi) is 7.15. The Balaban J connectivity index is 1.14. The summed E-state index contributed by atoms with van der Waals surface area (Å²) >= 11 is 0. The van der Waals surface area contributed by atoms with Crippen LogP contribution in [0.15, 0.2) is 194 Å². The molecule has 0 aliphatic heterocycles. The van der Waals surface area contributed by atoms with Gasteiger partial charge in [-0.2, -0.15) is 0 Å². The molecule has 0 amide bonds. The highest BCUT2D eigenvalue weighted by atomic mass is 14.9. The zero-order chi connectivity index (χ0) is 37.4. The molecule has 0 saturated carbocycles. The number of fused-ring (bicyclic) bond motifs is 10. The number of nitrogens with zero attached hydrogens (tertiary/aromatic N) is 2. The Morgan fingerprint density at radius 2 is 0.768 bits per heavy atom. The molecule has 8 aromatic carbocycles. The molecule has 1 spiro atoms. The van der Waals surface area contributed by atoms with Gasteiger partial charge >= 0.3 is 0 Å². The fourth-order valence-electron chi connectivity index (χ4n) is 9.85. The van der Waals surface area contributed by atoms with Gasteiger partial charge in [0.05, 0.1) is 16.8 Å². The molecule has 1 aromatic heterocycles. The van der Waals surface area contributed by atoms with Crippen LogP contribution in [-0.2, 0) is 10.8 Å². The van der Waals surface area contributed by atoms with E-state index in [1.807, 2.05) is 12.1 Å². The quantitative estimate of drug-likeness (QED) is 0.181. The SMILES string of the molecule is CC1(C)c2ccccc2C2(c3ccccc3-c3ccc(-c4ccc(-c5nc(-c6ccccc6)cc(-c6ccccc6)n5)c5ccccc45)cc32)c2ccccc21. The van der Waals surface area contributed by atoms with Crippen LogP contribution in [0.2, 0.25) is 0 Å². The predicted octanol–water partition coefficient (Wildman–Crippen LogP) is 13.3. The molecule has 0 unspecified atom stereocenters. The van der Waals surface area contributed by atoms with E-state index in [9.17, 15) is 0 Å². The van der Waals surface area contributed by atoms with Crippen LogP contribution in [0.4, 0.5) is 0 Å². The van der Waals surface area contributed by atoms with Gasteiger partial charge in [0.15, 0.2) is 5.82 Å². The molecule has 0 bridgehead atoms. The number of hydrogen-bond donors (Lipinski definition) is 0. The molecule has 0 N–H and O–H groups in total. The minimum absolute atomic E-state index is 0.139. The largest absolute Gasteiger partial charge is 0.228 e. The zero-order valence-corrected chi connectivity index (χ0v) is 31.4. The number of rotatable bonds is 4. The summed E-state index contributed by atoms with van der Waals surface area (Å²) in [4.78, 5) is 10.4. The van der Waals surface area contributed by atoms with Crippen molar-refractivity contribution in [3.8, 4) is 56.2 Å². The summed E-state index contributed by atoms with van der Waals surface area (Å²) in [6, 6.07) is 70.7. The Morgan fingerprint density at radius 3 is 1.38 bits per heavy atom. The maximum absolute atomic E-state index is 5.22. The highest BCUT2D eigenvalue weighted by molar-refractivity contribution is 6.05. The average molecular weight is 715 g/mol. The predicted molar refractivity (Wildman–Crippen MR) is 231 cm³/mol. The van der Waals surface area contributed by atoms with E-state index in [4.69, 9.17) is 9.97 Å². The molecule has 1 heterocycles. The van der Waals surface area contributed by atoms with Crippen molar-refractivity contribution in [1.29, 1.82) is 0 Å². The van der Waals surface area contributed by atoms with E-state index in [0.29, 0.717) is 5.82 Å². The Labute approximate surface area is 327 Å². The van der Waals surface area contributed by atoms with Crippen LogP contribution in [0.3, 0.4) is 0 Å². The van der Waals surface area contributed by atoms with Gasteiger partial charge in [-0.25, -0.2) is 9.97 Å². The van der Waals surface area contributed by atoms with Gasteiger partial charge in [-0.3, -0.25) is 0 Å². The third-order valence-corrected chi connectivity index (χ3v) is 12.4. The summed E-state index contributed by atoms with van der Waals surface area (Å²) in [7, 11) is 0. The Hall–Kier alpha value is -6.90. The van der Waals surface area contributed by atoms with Gasteiger partial charge < -0.3 is 0 Å². The first-order valence-electron chi connectivity index (χ1n) is 19.5. The average Bonchev–Trinajstić information content (AvgIpc) is 3.56. The van der Waals surface area contributed by atoms with Crippen LogP contribution in [0.1, 0.15) is 47.2 Å². The second kappa shape index (κ2) is 12.3. The van der Waals surface area contributed by atoms with Crippen LogP contribution in [-0.4, -0.2) is 9.97 Å². The third-order valence-electron chi connectivity index (χ3n) is 12.4. The molecule has 2 aliphatic carbocycles. The van der Waals surface area contributed by atoms with Gasteiger partial charge in [-0.15, -0.1) is 0 Å². The molecule has 56 heavy (non-hydrogen) atoms. The lowest BCUT2D eigenvalue weighted by Crippen LogP contribution is -2.40. The van der Waals surface area contributed by atoms with Crippen LogP contribution in [0.5, 0.6) is 0 Å². The first-order chi connectivity index (χ1) is 27.5. The van der Waals surface area contributed by atoms with E-state index in [1.165, 1.54) is 61.0 Å². The number of benzene rings is 8. The lowest BCUT2D eigenvalue weighted by molar-refractivity contribution is 0.563. The summed E-state index contributed by atoms with van der Waals surface area (Å²) < 4.78 is 0. The minimum Gasteiger partial charge on any atom is -0.228 e. The van der Waals surface area contributed by atoms with E-state index in [0.717, 1.165) is 33.5 Å². The van der Waals surface area contributed by atoms with Crippen molar-refractivity contribution in [2.24, 2.45) is 0 Å². The van der Waals surface area contributed by atoms with Crippen LogP contribution in [0.25, 0.3) is 66.9 Å². The topological polar surface area (TPSA) is 25.8 Å². The van der Waals surface area contributed by atoms with E-state index >= 15 is 0 Å². The molecule has 11 rings (SSSR count). The smallest absolute Gasteiger partial charge is 0.161 e. The third kappa shape index (κ3) is 4.63. The minimum atomic E-state index is -0.444. The van der Waals surface area contributed by atoms with Gasteiger partial charge in [0, 0.05) is 22.1 Å². The van der Waals surface area contributed by atoms with Crippen LogP contribution >= 0.6 is 0 Å². The molecule has 0 atom stereocenters. The van der Waals surface area contributed by atoms with Gasteiger partial charge in [0.25, 0.3) is 0 Å². The second-order valence-corrected chi connectivity index (χ2v) is 15.7. The maximum Gasteiger partial charge on any atom is 0.161 e. The first-order valence-corrected chi connectivity index (χ1v) is 19.5. The Bertz CT molecular complexity index is 2890. The van der Waals surface area contributed by atoms with Crippen molar-refractivity contribution >= 4 is 10.8 Å². The first kappa shape index (κ1) is 32.5. The molecule has 264 valence electrons. The molecule has 2 nitrogen and oxygen atoms in total. The maximum atomic E-state index is 5.22. The van der Waals surface area contributed by atoms with E-state index in [2.05, 4.69) is 196 Å². The summed E-state index contributed by atoms with van der Waals surface area (Å²) in [5.74, 6) is 0.717.